The molecule has 1 heterocycles. The molecule has 3 N–H and O–H groups in total. The van der Waals surface area contributed by atoms with Crippen molar-refractivity contribution in [1.29, 1.82) is 0 Å². The topological polar surface area (TPSA) is 65.0 Å². The van der Waals surface area contributed by atoms with Crippen molar-refractivity contribution in [2.75, 3.05) is 39.3 Å². The van der Waals surface area contributed by atoms with Gasteiger partial charge < -0.3 is 20.3 Å². The fourth-order valence-electron chi connectivity index (χ4n) is 2.29. The standard InChI is InChI=1S/C14H22N2O3/c1-2-19-11-3-4-13(17)12(9-11)14(18)10-16-7-5-15-6-8-16/h3-4,9,14-15,17-18H,2,5-8,10H2,1H3. The summed E-state index contributed by atoms with van der Waals surface area (Å²) in [6.45, 7) is 6.73. The van der Waals surface area contributed by atoms with E-state index in [1.54, 1.807) is 18.2 Å². The van der Waals surface area contributed by atoms with E-state index in [0.717, 1.165) is 26.2 Å². The van der Waals surface area contributed by atoms with Crippen LogP contribution in [0.3, 0.4) is 0 Å². The lowest BCUT2D eigenvalue weighted by Gasteiger charge is -2.29. The summed E-state index contributed by atoms with van der Waals surface area (Å²) in [5, 5.41) is 23.4. The highest BCUT2D eigenvalue weighted by Crippen LogP contribution is 2.29. The zero-order chi connectivity index (χ0) is 13.7. The van der Waals surface area contributed by atoms with Gasteiger partial charge in [-0.2, -0.15) is 0 Å². The fraction of sp³-hybridized carbons (Fsp3) is 0.571. The van der Waals surface area contributed by atoms with Gasteiger partial charge in [-0.15, -0.1) is 0 Å². The first kappa shape index (κ1) is 14.1. The van der Waals surface area contributed by atoms with Gasteiger partial charge in [0, 0.05) is 38.3 Å². The largest absolute Gasteiger partial charge is 0.508 e. The summed E-state index contributed by atoms with van der Waals surface area (Å²) in [4.78, 5) is 2.19. The smallest absolute Gasteiger partial charge is 0.121 e. The Morgan fingerprint density at radius 1 is 1.37 bits per heavy atom. The minimum Gasteiger partial charge on any atom is -0.508 e. The third-order valence-corrected chi connectivity index (χ3v) is 3.31. The van der Waals surface area contributed by atoms with Crippen LogP contribution < -0.4 is 10.1 Å². The molecule has 0 aromatic heterocycles. The molecule has 0 bridgehead atoms. The number of aliphatic hydroxyl groups excluding tert-OH is 1. The second-order valence-corrected chi connectivity index (χ2v) is 4.72. The number of nitrogens with zero attached hydrogens (tertiary/aromatic N) is 1. The SMILES string of the molecule is CCOc1ccc(O)c(C(O)CN2CCNCC2)c1. The van der Waals surface area contributed by atoms with Crippen molar-refractivity contribution in [2.24, 2.45) is 0 Å². The number of β-amino-alcohol motifs (C(OH)–C–C–N with tert-alkyl or cyclic N) is 1. The maximum atomic E-state index is 10.3. The molecule has 5 heteroatoms. The fourth-order valence-corrected chi connectivity index (χ4v) is 2.29. The van der Waals surface area contributed by atoms with E-state index >= 15 is 0 Å². The number of ether oxygens (including phenoxy) is 1. The number of hydrogen-bond donors (Lipinski definition) is 3. The normalized spacial score (nSPS) is 18.2. The van der Waals surface area contributed by atoms with E-state index in [9.17, 15) is 10.2 Å². The van der Waals surface area contributed by atoms with Crippen molar-refractivity contribution in [3.8, 4) is 11.5 Å². The molecular weight excluding hydrogens is 244 g/mol. The molecular formula is C14H22N2O3. The zero-order valence-electron chi connectivity index (χ0n) is 11.3. The summed E-state index contributed by atoms with van der Waals surface area (Å²) < 4.78 is 5.40. The number of piperazine rings is 1. The molecule has 1 aromatic carbocycles. The number of hydrogen-bond acceptors (Lipinski definition) is 5. The molecule has 0 aliphatic carbocycles. The molecule has 1 saturated heterocycles. The predicted molar refractivity (Wildman–Crippen MR) is 73.5 cm³/mol. The second kappa shape index (κ2) is 6.75. The number of nitrogens with one attached hydrogen (secondary N) is 1. The van der Waals surface area contributed by atoms with Gasteiger partial charge >= 0.3 is 0 Å². The lowest BCUT2D eigenvalue weighted by atomic mass is 10.1. The highest BCUT2D eigenvalue weighted by atomic mass is 16.5. The average Bonchev–Trinajstić information content (AvgIpc) is 2.42. The van der Waals surface area contributed by atoms with Crippen molar-refractivity contribution >= 4 is 0 Å². The Morgan fingerprint density at radius 3 is 2.79 bits per heavy atom. The summed E-state index contributed by atoms with van der Waals surface area (Å²) in [5.74, 6) is 0.792. The molecule has 1 aliphatic rings. The van der Waals surface area contributed by atoms with Crippen LogP contribution in [-0.4, -0.2) is 54.4 Å². The molecule has 2 rings (SSSR count). The van der Waals surface area contributed by atoms with Crippen LogP contribution in [0, 0.1) is 0 Å². The number of aliphatic hydroxyl groups is 1. The molecule has 1 unspecified atom stereocenters. The Bertz CT molecular complexity index is 406. The van der Waals surface area contributed by atoms with Crippen LogP contribution in [0.25, 0.3) is 0 Å². The van der Waals surface area contributed by atoms with Gasteiger partial charge in [-0.05, 0) is 25.1 Å². The van der Waals surface area contributed by atoms with Gasteiger partial charge in [-0.1, -0.05) is 0 Å². The van der Waals surface area contributed by atoms with E-state index in [4.69, 9.17) is 4.74 Å². The quantitative estimate of drug-likeness (QED) is 0.733. The van der Waals surface area contributed by atoms with Gasteiger partial charge in [-0.25, -0.2) is 0 Å². The first-order chi connectivity index (χ1) is 9.20. The Kier molecular flexibility index (Phi) is 5.01. The molecule has 1 fully saturated rings. The van der Waals surface area contributed by atoms with Crippen LogP contribution in [0.15, 0.2) is 18.2 Å². The summed E-state index contributed by atoms with van der Waals surface area (Å²) >= 11 is 0. The molecule has 19 heavy (non-hydrogen) atoms. The molecule has 0 radical (unpaired) electrons. The van der Waals surface area contributed by atoms with Crippen molar-refractivity contribution < 1.29 is 14.9 Å². The third kappa shape index (κ3) is 3.83. The van der Waals surface area contributed by atoms with Crippen LogP contribution in [0.4, 0.5) is 0 Å². The summed E-state index contributed by atoms with van der Waals surface area (Å²) in [6, 6.07) is 4.99. The highest BCUT2D eigenvalue weighted by molar-refractivity contribution is 5.40. The molecule has 106 valence electrons. The van der Waals surface area contributed by atoms with E-state index in [2.05, 4.69) is 10.2 Å². The zero-order valence-corrected chi connectivity index (χ0v) is 11.3. The molecule has 0 saturated carbocycles. The molecule has 1 aromatic rings. The predicted octanol–water partition coefficient (Wildman–Crippen LogP) is 0.729. The minimum absolute atomic E-state index is 0.117. The van der Waals surface area contributed by atoms with Gasteiger partial charge in [0.25, 0.3) is 0 Å². The molecule has 0 spiro atoms. The lowest BCUT2D eigenvalue weighted by molar-refractivity contribution is 0.103. The summed E-state index contributed by atoms with van der Waals surface area (Å²) in [5.41, 5.74) is 0.532. The highest BCUT2D eigenvalue weighted by Gasteiger charge is 2.18. The maximum Gasteiger partial charge on any atom is 0.121 e. The van der Waals surface area contributed by atoms with Gasteiger partial charge in [0.2, 0.25) is 0 Å². The van der Waals surface area contributed by atoms with Crippen molar-refractivity contribution in [3.05, 3.63) is 23.8 Å². The van der Waals surface area contributed by atoms with Crippen molar-refractivity contribution in [3.63, 3.8) is 0 Å². The number of phenolic OH excluding ortho intramolecular Hbond substituents is 1. The van der Waals surface area contributed by atoms with Crippen molar-refractivity contribution in [2.45, 2.75) is 13.0 Å². The van der Waals surface area contributed by atoms with E-state index < -0.39 is 6.10 Å². The minimum atomic E-state index is -0.696. The van der Waals surface area contributed by atoms with Crippen LogP contribution in [0.2, 0.25) is 0 Å². The Labute approximate surface area is 113 Å². The second-order valence-electron chi connectivity index (χ2n) is 4.72. The van der Waals surface area contributed by atoms with Gasteiger partial charge in [-0.3, -0.25) is 4.90 Å². The van der Waals surface area contributed by atoms with E-state index in [1.165, 1.54) is 0 Å². The Morgan fingerprint density at radius 2 is 2.11 bits per heavy atom. The molecule has 5 nitrogen and oxygen atoms in total. The van der Waals surface area contributed by atoms with Crippen LogP contribution in [-0.2, 0) is 0 Å². The van der Waals surface area contributed by atoms with E-state index in [1.807, 2.05) is 6.92 Å². The van der Waals surface area contributed by atoms with E-state index in [0.29, 0.717) is 24.5 Å². The number of aromatic hydroxyl groups is 1. The maximum absolute atomic E-state index is 10.3. The average molecular weight is 266 g/mol. The van der Waals surface area contributed by atoms with Crippen LogP contribution in [0.1, 0.15) is 18.6 Å². The third-order valence-electron chi connectivity index (χ3n) is 3.31. The molecule has 1 aliphatic heterocycles. The number of phenols is 1. The monoisotopic (exact) mass is 266 g/mol. The van der Waals surface area contributed by atoms with Gasteiger partial charge in [0.1, 0.15) is 11.5 Å². The molecule has 0 amide bonds. The lowest BCUT2D eigenvalue weighted by Crippen LogP contribution is -2.44. The van der Waals surface area contributed by atoms with E-state index in [-0.39, 0.29) is 5.75 Å². The first-order valence-corrected chi connectivity index (χ1v) is 6.77. The Balaban J connectivity index is 2.04. The van der Waals surface area contributed by atoms with Gasteiger partial charge in [0.05, 0.1) is 12.7 Å². The number of rotatable bonds is 5. The first-order valence-electron chi connectivity index (χ1n) is 6.77. The summed E-state index contributed by atoms with van der Waals surface area (Å²) in [6.07, 6.45) is -0.696. The van der Waals surface area contributed by atoms with Crippen LogP contribution in [0.5, 0.6) is 11.5 Å². The number of benzene rings is 1. The van der Waals surface area contributed by atoms with Crippen LogP contribution >= 0.6 is 0 Å². The van der Waals surface area contributed by atoms with Crippen molar-refractivity contribution in [1.82, 2.24) is 10.2 Å². The molecule has 1 atom stereocenters. The Hall–Kier alpha value is -1.30. The van der Waals surface area contributed by atoms with Gasteiger partial charge in [0.15, 0.2) is 0 Å². The summed E-state index contributed by atoms with van der Waals surface area (Å²) in [7, 11) is 0.